The number of hydrogen-bond acceptors (Lipinski definition) is 10. The first-order valence-corrected chi connectivity index (χ1v) is 12.9. The lowest BCUT2D eigenvalue weighted by molar-refractivity contribution is -0.172. The van der Waals surface area contributed by atoms with Crippen molar-refractivity contribution < 1.29 is 42.7 Å². The summed E-state index contributed by atoms with van der Waals surface area (Å²) in [5.41, 5.74) is -1.11. The first-order chi connectivity index (χ1) is 19.1. The van der Waals surface area contributed by atoms with Gasteiger partial charge in [0, 0.05) is 29.6 Å². The molecule has 40 heavy (non-hydrogen) atoms. The van der Waals surface area contributed by atoms with Gasteiger partial charge in [0.25, 0.3) is 11.9 Å². The number of aromatic nitrogens is 2. The van der Waals surface area contributed by atoms with E-state index in [1.165, 1.54) is 18.6 Å². The summed E-state index contributed by atoms with van der Waals surface area (Å²) in [7, 11) is 1.15. The molecular weight excluding hydrogens is 523 g/mol. The van der Waals surface area contributed by atoms with Gasteiger partial charge in [-0.05, 0) is 11.5 Å². The van der Waals surface area contributed by atoms with Crippen LogP contribution in [0.25, 0.3) is 0 Å². The van der Waals surface area contributed by atoms with Crippen molar-refractivity contribution in [2.45, 2.75) is 57.1 Å². The third-order valence-electron chi connectivity index (χ3n) is 6.72. The van der Waals surface area contributed by atoms with Gasteiger partial charge in [-0.1, -0.05) is 50.6 Å². The van der Waals surface area contributed by atoms with E-state index >= 15 is 0 Å². The summed E-state index contributed by atoms with van der Waals surface area (Å²) in [5.74, 6) is -4.75. The molecule has 1 aromatic heterocycles. The van der Waals surface area contributed by atoms with Gasteiger partial charge in [-0.25, -0.2) is 4.98 Å². The summed E-state index contributed by atoms with van der Waals surface area (Å²) in [6.45, 7) is 0.684. The molecule has 1 unspecified atom stereocenters. The topological polar surface area (TPSA) is 176 Å². The number of aliphatic carboxylic acids is 1. The average molecular weight is 554 g/mol. The number of rotatable bonds is 11. The number of ether oxygens (including phenoxy) is 1. The number of nitrogens with one attached hydrogen (secondary N) is 2. The summed E-state index contributed by atoms with van der Waals surface area (Å²) in [6.07, 6.45) is 3.35. The summed E-state index contributed by atoms with van der Waals surface area (Å²) in [5, 5.41) is 5.50. The maximum atomic E-state index is 13.7. The molecule has 0 saturated carbocycles. The van der Waals surface area contributed by atoms with Crippen LogP contribution in [-0.4, -0.2) is 75.8 Å². The van der Waals surface area contributed by atoms with Gasteiger partial charge >= 0.3 is 18.7 Å². The van der Waals surface area contributed by atoms with Crippen molar-refractivity contribution in [2.24, 2.45) is 5.92 Å². The first kappa shape index (κ1) is 28.7. The second kappa shape index (κ2) is 11.8. The van der Waals surface area contributed by atoms with E-state index in [1.54, 1.807) is 24.3 Å². The van der Waals surface area contributed by atoms with Gasteiger partial charge in [0.15, 0.2) is 5.60 Å². The van der Waals surface area contributed by atoms with Crippen molar-refractivity contribution in [1.29, 1.82) is 0 Å². The van der Waals surface area contributed by atoms with Crippen molar-refractivity contribution >= 4 is 36.5 Å². The lowest BCUT2D eigenvalue weighted by Gasteiger charge is -2.43. The second-order valence-electron chi connectivity index (χ2n) is 10.2. The molecule has 2 saturated heterocycles. The lowest BCUT2D eigenvalue weighted by Crippen LogP contribution is -2.68. The molecule has 13 nitrogen and oxygen atoms in total. The molecule has 4 rings (SSSR count). The van der Waals surface area contributed by atoms with Gasteiger partial charge in [-0.2, -0.15) is 0 Å². The minimum atomic E-state index is -3.05. The Hall–Kier alpha value is -4.33. The van der Waals surface area contributed by atoms with Crippen LogP contribution in [0.4, 0.5) is 0 Å². The van der Waals surface area contributed by atoms with Gasteiger partial charge in [-0.3, -0.25) is 24.2 Å². The molecule has 14 heteroatoms. The van der Waals surface area contributed by atoms with Gasteiger partial charge in [-0.15, -0.1) is 0 Å². The highest BCUT2D eigenvalue weighted by Crippen LogP contribution is 2.42. The summed E-state index contributed by atoms with van der Waals surface area (Å²) in [4.78, 5) is 72.3. The molecule has 2 bridgehead atoms. The van der Waals surface area contributed by atoms with Crippen molar-refractivity contribution in [3.8, 4) is 0 Å². The van der Waals surface area contributed by atoms with Crippen molar-refractivity contribution in [3.05, 3.63) is 60.2 Å². The minimum Gasteiger partial charge on any atom is -0.717 e. The molecule has 0 spiro atoms. The largest absolute Gasteiger partial charge is 0.717 e. The third kappa shape index (κ3) is 6.28. The monoisotopic (exact) mass is 554 g/mol. The van der Waals surface area contributed by atoms with Gasteiger partial charge < -0.3 is 29.3 Å². The normalized spacial score (nSPS) is 23.0. The Labute approximate surface area is 230 Å². The Morgan fingerprint density at radius 2 is 1.90 bits per heavy atom. The zero-order valence-electron chi connectivity index (χ0n) is 22.4. The van der Waals surface area contributed by atoms with E-state index in [4.69, 9.17) is 9.31 Å². The predicted molar refractivity (Wildman–Crippen MR) is 139 cm³/mol. The number of nitrogens with zero attached hydrogens (tertiary/aromatic N) is 2. The van der Waals surface area contributed by atoms with Crippen LogP contribution in [0.3, 0.4) is 0 Å². The highest BCUT2D eigenvalue weighted by molar-refractivity contribution is 6.67. The molecule has 212 valence electrons. The van der Waals surface area contributed by atoms with Crippen LogP contribution < -0.4 is 10.6 Å². The van der Waals surface area contributed by atoms with E-state index < -0.39 is 66.9 Å². The summed E-state index contributed by atoms with van der Waals surface area (Å²) in [6, 6.07) is 7.96. The Bertz CT molecular complexity index is 1280. The van der Waals surface area contributed by atoms with E-state index in [0.717, 1.165) is 12.7 Å². The van der Waals surface area contributed by atoms with Crippen LogP contribution in [0.2, 0.25) is 0 Å². The van der Waals surface area contributed by atoms with Crippen LogP contribution >= 0.6 is 0 Å². The number of benzene rings is 1. The molecule has 2 aliphatic heterocycles. The molecule has 0 aliphatic carbocycles. The fourth-order valence-corrected chi connectivity index (χ4v) is 4.88. The molecule has 4 atom stereocenters. The minimum absolute atomic E-state index is 0.0171. The maximum absolute atomic E-state index is 13.7. The highest BCUT2D eigenvalue weighted by Gasteiger charge is 2.68. The quantitative estimate of drug-likeness (QED) is 0.221. The van der Waals surface area contributed by atoms with Crippen LogP contribution in [0.5, 0.6) is 0 Å². The average Bonchev–Trinajstić information content (AvgIpc) is 3.13. The molecule has 2 amide bonds. The van der Waals surface area contributed by atoms with Crippen LogP contribution in [-0.2, 0) is 39.6 Å². The van der Waals surface area contributed by atoms with E-state index in [9.17, 15) is 24.0 Å². The van der Waals surface area contributed by atoms with Crippen molar-refractivity contribution in [2.75, 3.05) is 7.11 Å². The van der Waals surface area contributed by atoms with Crippen LogP contribution in [0.15, 0.2) is 48.9 Å². The predicted octanol–water partition coefficient (Wildman–Crippen LogP) is 0.160. The number of esters is 1. The number of methoxy groups -OCH3 is 1. The van der Waals surface area contributed by atoms with E-state index in [-0.39, 0.29) is 24.5 Å². The van der Waals surface area contributed by atoms with Crippen LogP contribution in [0, 0.1) is 5.92 Å². The highest BCUT2D eigenvalue weighted by atomic mass is 16.8. The zero-order valence-corrected chi connectivity index (χ0v) is 22.4. The Morgan fingerprint density at radius 3 is 2.55 bits per heavy atom. The summed E-state index contributed by atoms with van der Waals surface area (Å²) >= 11 is 0. The first-order valence-electron chi connectivity index (χ1n) is 12.9. The Morgan fingerprint density at radius 1 is 1.15 bits per heavy atom. The fraction of sp³-hybridized carbons (Fsp3) is 0.423. The Balaban J connectivity index is 1.62. The molecule has 1 aromatic carbocycles. The molecule has 3 N–H and O–H groups in total. The number of carbonyl (C=O) groups is 5. The smallest absolute Gasteiger partial charge is 0.594 e. The Kier molecular flexibility index (Phi) is 8.47. The van der Waals surface area contributed by atoms with Gasteiger partial charge in [0.05, 0.1) is 19.7 Å². The number of hydrogen-bond donors (Lipinski definition) is 2. The number of carboxylic acids is 1. The zero-order chi connectivity index (χ0) is 28.9. The van der Waals surface area contributed by atoms with E-state index in [1.807, 2.05) is 19.9 Å². The fourth-order valence-electron chi connectivity index (χ4n) is 4.88. The second-order valence-corrected chi connectivity index (χ2v) is 10.2. The van der Waals surface area contributed by atoms with Crippen molar-refractivity contribution in [3.63, 3.8) is 0 Å². The number of carbonyl (C=O) groups excluding carboxylic acids is 4. The van der Waals surface area contributed by atoms with Gasteiger partial charge in [0.1, 0.15) is 18.2 Å². The molecule has 2 aliphatic rings. The van der Waals surface area contributed by atoms with Crippen LogP contribution in [0.1, 0.15) is 49.2 Å². The molecule has 3 heterocycles. The molecule has 2 fully saturated rings. The van der Waals surface area contributed by atoms with E-state index in [2.05, 4.69) is 30.0 Å². The molecule has 2 aromatic rings. The summed E-state index contributed by atoms with van der Waals surface area (Å²) < 4.78 is 20.3. The number of amides is 2. The molecule has 0 radical (unpaired) electrons. The van der Waals surface area contributed by atoms with E-state index in [0.29, 0.717) is 0 Å². The van der Waals surface area contributed by atoms with Gasteiger partial charge in [0.2, 0.25) is 5.91 Å². The SMILES string of the molecule is COC(=O)C[C@]12CC(=O)[OH+][B-]([C@H](CC(C)C)NC(=O)[C@H](Cc3ccccc3)NC(=O)c3cnccn3)(OC1=O)O2. The molecular formula is C26H31BN4O9. The third-order valence-corrected chi connectivity index (χ3v) is 6.72. The van der Waals surface area contributed by atoms with Crippen molar-refractivity contribution in [1.82, 2.24) is 20.6 Å². The maximum Gasteiger partial charge on any atom is 0.594 e. The number of fused-ring (bicyclic) bond motifs is 2. The standard InChI is InChI=1S/C26H31BN4O9/c1-16(2)11-20(27-38-22(33)14-26(40-27,25(36)39-27)13-21(32)37-3)31-23(34)18(12-17-7-5-4-6-8-17)30-24(35)19-15-28-9-10-29-19/h4-10,15-16,18,20,38H,11-14H2,1-3H3,(H,30,35)(H,31,34)/t18-,20-,26-,27?/m0/s1. The lowest BCUT2D eigenvalue weighted by atomic mass is 9.64.